The average Bonchev–Trinajstić information content (AvgIpc) is 2.60. The maximum atomic E-state index is 11.0. The highest BCUT2D eigenvalue weighted by atomic mass is 16.4. The first-order valence-electron chi connectivity index (χ1n) is 4.85. The molecule has 4 nitrogen and oxygen atoms in total. The normalized spacial score (nSPS) is 10.4. The topological polar surface area (TPSA) is 63.3 Å². The molecule has 16 heavy (non-hydrogen) atoms. The van der Waals surface area contributed by atoms with Crippen LogP contribution in [0.4, 0.5) is 0 Å². The largest absolute Gasteiger partial charge is 0.475 e. The molecular weight excluding hydrogens is 206 g/mol. The zero-order valence-electron chi connectivity index (χ0n) is 9.02. The predicted octanol–water partition coefficient (Wildman–Crippen LogP) is 2.66. The van der Waals surface area contributed by atoms with Crippen LogP contribution in [-0.4, -0.2) is 16.1 Å². The third kappa shape index (κ3) is 1.82. The van der Waals surface area contributed by atoms with Crippen molar-refractivity contribution in [3.63, 3.8) is 0 Å². The van der Waals surface area contributed by atoms with Gasteiger partial charge in [-0.1, -0.05) is 23.8 Å². The van der Waals surface area contributed by atoms with Gasteiger partial charge < -0.3 is 9.52 Å². The molecule has 0 saturated heterocycles. The molecule has 0 amide bonds. The number of aromatic nitrogens is 1. The fourth-order valence-corrected chi connectivity index (χ4v) is 1.56. The number of rotatable bonds is 2. The molecule has 0 aliphatic carbocycles. The maximum absolute atomic E-state index is 11.0. The lowest BCUT2D eigenvalue weighted by atomic mass is 10.1. The molecule has 2 rings (SSSR count). The Hall–Kier alpha value is -2.10. The minimum Gasteiger partial charge on any atom is -0.475 e. The summed E-state index contributed by atoms with van der Waals surface area (Å²) in [5, 5.41) is 8.98. The van der Waals surface area contributed by atoms with Crippen LogP contribution in [0.5, 0.6) is 0 Å². The summed E-state index contributed by atoms with van der Waals surface area (Å²) in [7, 11) is 0. The second-order valence-electron chi connectivity index (χ2n) is 3.59. The number of aryl methyl sites for hydroxylation is 2. The van der Waals surface area contributed by atoms with Gasteiger partial charge in [0, 0.05) is 12.5 Å². The number of aromatic carboxylic acids is 1. The summed E-state index contributed by atoms with van der Waals surface area (Å²) in [6.45, 7) is 3.57. The standard InChI is InChI=1S/C12H11NO3/c1-7-4-3-5-9(6-7)10-11(12(14)15)16-8(2)13-10/h3-6H,1-2H3,(H,14,15). The number of hydrogen-bond acceptors (Lipinski definition) is 3. The Morgan fingerprint density at radius 3 is 2.75 bits per heavy atom. The van der Waals surface area contributed by atoms with Crippen molar-refractivity contribution in [2.24, 2.45) is 0 Å². The summed E-state index contributed by atoms with van der Waals surface area (Å²) in [5.74, 6) is -0.853. The molecule has 0 bridgehead atoms. The van der Waals surface area contributed by atoms with E-state index in [1.54, 1.807) is 6.92 Å². The summed E-state index contributed by atoms with van der Waals surface area (Å²) in [6, 6.07) is 7.50. The minimum absolute atomic E-state index is 0.108. The number of oxazole rings is 1. The van der Waals surface area contributed by atoms with Crippen LogP contribution in [0.2, 0.25) is 0 Å². The highest BCUT2D eigenvalue weighted by Crippen LogP contribution is 2.24. The van der Waals surface area contributed by atoms with Crippen molar-refractivity contribution in [2.45, 2.75) is 13.8 Å². The predicted molar refractivity (Wildman–Crippen MR) is 58.4 cm³/mol. The maximum Gasteiger partial charge on any atom is 0.374 e. The number of benzene rings is 1. The smallest absolute Gasteiger partial charge is 0.374 e. The second-order valence-corrected chi connectivity index (χ2v) is 3.59. The van der Waals surface area contributed by atoms with Crippen LogP contribution in [0.1, 0.15) is 22.0 Å². The van der Waals surface area contributed by atoms with Gasteiger partial charge in [0.2, 0.25) is 5.76 Å². The molecule has 0 radical (unpaired) electrons. The van der Waals surface area contributed by atoms with Gasteiger partial charge in [-0.05, 0) is 13.0 Å². The van der Waals surface area contributed by atoms with Gasteiger partial charge >= 0.3 is 5.97 Å². The molecule has 0 saturated carbocycles. The molecule has 2 aromatic rings. The first-order valence-corrected chi connectivity index (χ1v) is 4.85. The second kappa shape index (κ2) is 3.81. The van der Waals surface area contributed by atoms with Gasteiger partial charge in [-0.15, -0.1) is 0 Å². The van der Waals surface area contributed by atoms with Crippen LogP contribution in [0.25, 0.3) is 11.3 Å². The van der Waals surface area contributed by atoms with Crippen molar-refractivity contribution in [3.8, 4) is 11.3 Å². The van der Waals surface area contributed by atoms with E-state index < -0.39 is 5.97 Å². The molecule has 0 aliphatic heterocycles. The van der Waals surface area contributed by atoms with Crippen LogP contribution in [0, 0.1) is 13.8 Å². The van der Waals surface area contributed by atoms with Gasteiger partial charge in [0.1, 0.15) is 5.69 Å². The first kappa shape index (κ1) is 10.4. The average molecular weight is 217 g/mol. The number of carboxylic acids is 1. The minimum atomic E-state index is -1.10. The van der Waals surface area contributed by atoms with Gasteiger partial charge in [0.25, 0.3) is 0 Å². The molecule has 82 valence electrons. The van der Waals surface area contributed by atoms with E-state index in [4.69, 9.17) is 9.52 Å². The summed E-state index contributed by atoms with van der Waals surface area (Å²) in [4.78, 5) is 15.1. The highest BCUT2D eigenvalue weighted by Gasteiger charge is 2.19. The molecule has 0 atom stereocenters. The lowest BCUT2D eigenvalue weighted by molar-refractivity contribution is 0.0662. The van der Waals surface area contributed by atoms with Gasteiger partial charge in [-0.2, -0.15) is 0 Å². The molecular formula is C12H11NO3. The van der Waals surface area contributed by atoms with E-state index in [9.17, 15) is 4.79 Å². The van der Waals surface area contributed by atoms with Crippen molar-refractivity contribution in [3.05, 3.63) is 41.5 Å². The fourth-order valence-electron chi connectivity index (χ4n) is 1.56. The molecule has 1 N–H and O–H groups in total. The molecule has 0 aliphatic rings. The molecule has 1 aromatic heterocycles. The monoisotopic (exact) mass is 217 g/mol. The van der Waals surface area contributed by atoms with E-state index in [-0.39, 0.29) is 5.76 Å². The van der Waals surface area contributed by atoms with E-state index in [0.717, 1.165) is 11.1 Å². The lowest BCUT2D eigenvalue weighted by Gasteiger charge is -1.98. The van der Waals surface area contributed by atoms with Crippen molar-refractivity contribution < 1.29 is 14.3 Å². The Morgan fingerprint density at radius 1 is 1.38 bits per heavy atom. The number of carboxylic acid groups (broad SMARTS) is 1. The van der Waals surface area contributed by atoms with Crippen molar-refractivity contribution in [1.29, 1.82) is 0 Å². The van der Waals surface area contributed by atoms with Gasteiger partial charge in [0.15, 0.2) is 5.89 Å². The van der Waals surface area contributed by atoms with E-state index >= 15 is 0 Å². The zero-order chi connectivity index (χ0) is 11.7. The van der Waals surface area contributed by atoms with Gasteiger partial charge in [-0.3, -0.25) is 0 Å². The quantitative estimate of drug-likeness (QED) is 0.839. The Kier molecular flexibility index (Phi) is 2.48. The Morgan fingerprint density at radius 2 is 2.12 bits per heavy atom. The van der Waals surface area contributed by atoms with E-state index in [1.807, 2.05) is 31.2 Å². The molecule has 0 fully saturated rings. The third-order valence-corrected chi connectivity index (χ3v) is 2.22. The Labute approximate surface area is 92.6 Å². The number of nitrogens with zero attached hydrogens (tertiary/aromatic N) is 1. The molecule has 1 heterocycles. The first-order chi connectivity index (χ1) is 7.58. The summed E-state index contributed by atoms with van der Waals surface area (Å²) < 4.78 is 5.06. The summed E-state index contributed by atoms with van der Waals surface area (Å²) >= 11 is 0. The van der Waals surface area contributed by atoms with Crippen LogP contribution < -0.4 is 0 Å². The number of hydrogen-bond donors (Lipinski definition) is 1. The fraction of sp³-hybridized carbons (Fsp3) is 0.167. The SMILES string of the molecule is Cc1cccc(-c2nc(C)oc2C(=O)O)c1. The Balaban J connectivity index is 2.59. The third-order valence-electron chi connectivity index (χ3n) is 2.22. The van der Waals surface area contributed by atoms with Crippen LogP contribution >= 0.6 is 0 Å². The summed E-state index contributed by atoms with van der Waals surface area (Å²) in [6.07, 6.45) is 0. The van der Waals surface area contributed by atoms with Gasteiger partial charge in [-0.25, -0.2) is 9.78 Å². The molecule has 1 aromatic carbocycles. The van der Waals surface area contributed by atoms with E-state index in [2.05, 4.69) is 4.98 Å². The number of carbonyl (C=O) groups is 1. The van der Waals surface area contributed by atoms with Crippen LogP contribution in [0.3, 0.4) is 0 Å². The van der Waals surface area contributed by atoms with Crippen molar-refractivity contribution >= 4 is 5.97 Å². The Bertz CT molecular complexity index is 543. The highest BCUT2D eigenvalue weighted by molar-refractivity contribution is 5.91. The van der Waals surface area contributed by atoms with Crippen molar-refractivity contribution in [2.75, 3.05) is 0 Å². The van der Waals surface area contributed by atoms with Crippen molar-refractivity contribution in [1.82, 2.24) is 4.98 Å². The molecule has 0 unspecified atom stereocenters. The lowest BCUT2D eigenvalue weighted by Crippen LogP contribution is -1.96. The van der Waals surface area contributed by atoms with E-state index in [1.165, 1.54) is 0 Å². The molecule has 0 spiro atoms. The van der Waals surface area contributed by atoms with Crippen LogP contribution in [-0.2, 0) is 0 Å². The van der Waals surface area contributed by atoms with E-state index in [0.29, 0.717) is 11.6 Å². The van der Waals surface area contributed by atoms with Crippen LogP contribution in [0.15, 0.2) is 28.7 Å². The zero-order valence-corrected chi connectivity index (χ0v) is 9.02. The summed E-state index contributed by atoms with van der Waals surface area (Å²) in [5.41, 5.74) is 2.19. The van der Waals surface area contributed by atoms with Gasteiger partial charge in [0.05, 0.1) is 0 Å². The molecule has 4 heteroatoms.